The molecule has 0 saturated heterocycles. The first-order valence-corrected chi connectivity index (χ1v) is 5.80. The van der Waals surface area contributed by atoms with Crippen LogP contribution in [0.2, 0.25) is 0 Å². The molecular formula is C14H13NO4. The predicted octanol–water partition coefficient (Wildman–Crippen LogP) is 0.696. The number of ether oxygens (including phenoxy) is 1. The van der Waals surface area contributed by atoms with Crippen molar-refractivity contribution in [3.05, 3.63) is 48.0 Å². The lowest BCUT2D eigenvalue weighted by atomic mass is 10.0. The fourth-order valence-corrected chi connectivity index (χ4v) is 1.97. The van der Waals surface area contributed by atoms with Gasteiger partial charge in [-0.1, -0.05) is 30.3 Å². The number of methoxy groups -OCH3 is 1. The standard InChI is InChI=1S/C14H13NO4/c1-19-14(18)11(9-10-5-3-2-4-6-10)15-12(16)7-8-13(15)17/h2-8,11H,9H2,1H3. The number of carbonyl (C=O) groups excluding carboxylic acids is 3. The quantitative estimate of drug-likeness (QED) is 0.589. The van der Waals surface area contributed by atoms with Gasteiger partial charge in [-0.25, -0.2) is 4.79 Å². The first kappa shape index (κ1) is 13.0. The van der Waals surface area contributed by atoms with Crippen LogP contribution in [0.15, 0.2) is 42.5 Å². The van der Waals surface area contributed by atoms with E-state index in [1.54, 1.807) is 0 Å². The Hall–Kier alpha value is -2.43. The minimum Gasteiger partial charge on any atom is -0.467 e. The van der Waals surface area contributed by atoms with Gasteiger partial charge in [0.2, 0.25) is 0 Å². The van der Waals surface area contributed by atoms with Crippen molar-refractivity contribution in [2.45, 2.75) is 12.5 Å². The molecule has 0 aliphatic carbocycles. The molecule has 1 aliphatic heterocycles. The summed E-state index contributed by atoms with van der Waals surface area (Å²) in [7, 11) is 1.23. The molecule has 1 heterocycles. The molecule has 0 radical (unpaired) electrons. The molecule has 1 aromatic carbocycles. The number of benzene rings is 1. The maximum atomic E-state index is 11.8. The molecule has 2 amide bonds. The zero-order valence-electron chi connectivity index (χ0n) is 10.4. The van der Waals surface area contributed by atoms with Gasteiger partial charge in [-0.3, -0.25) is 14.5 Å². The zero-order valence-corrected chi connectivity index (χ0v) is 10.4. The van der Waals surface area contributed by atoms with Crippen molar-refractivity contribution in [1.29, 1.82) is 0 Å². The summed E-state index contributed by atoms with van der Waals surface area (Å²) in [6.45, 7) is 0. The number of rotatable bonds is 4. The second kappa shape index (κ2) is 5.48. The number of hydrogen-bond acceptors (Lipinski definition) is 4. The molecule has 5 nitrogen and oxygen atoms in total. The monoisotopic (exact) mass is 259 g/mol. The maximum Gasteiger partial charge on any atom is 0.329 e. The highest BCUT2D eigenvalue weighted by atomic mass is 16.5. The Bertz CT molecular complexity index is 518. The lowest BCUT2D eigenvalue weighted by Gasteiger charge is -2.23. The van der Waals surface area contributed by atoms with Crippen molar-refractivity contribution in [1.82, 2.24) is 4.90 Å². The number of nitrogens with zero attached hydrogens (tertiary/aromatic N) is 1. The van der Waals surface area contributed by atoms with Crippen LogP contribution >= 0.6 is 0 Å². The highest BCUT2D eigenvalue weighted by molar-refractivity contribution is 6.14. The second-order valence-electron chi connectivity index (χ2n) is 4.11. The van der Waals surface area contributed by atoms with E-state index in [9.17, 15) is 14.4 Å². The molecule has 5 heteroatoms. The molecule has 0 fully saturated rings. The van der Waals surface area contributed by atoms with E-state index < -0.39 is 23.8 Å². The van der Waals surface area contributed by atoms with Crippen LogP contribution < -0.4 is 0 Å². The number of carbonyl (C=O) groups is 3. The molecular weight excluding hydrogens is 246 g/mol. The van der Waals surface area contributed by atoms with Crippen molar-refractivity contribution in [3.8, 4) is 0 Å². The van der Waals surface area contributed by atoms with Crippen LogP contribution in [0, 0.1) is 0 Å². The molecule has 1 aromatic rings. The fraction of sp³-hybridized carbons (Fsp3) is 0.214. The van der Waals surface area contributed by atoms with Crippen molar-refractivity contribution in [2.75, 3.05) is 7.11 Å². The van der Waals surface area contributed by atoms with Crippen molar-refractivity contribution in [2.24, 2.45) is 0 Å². The average molecular weight is 259 g/mol. The Labute approximate surface area is 110 Å². The van der Waals surface area contributed by atoms with Crippen LogP contribution in [0.25, 0.3) is 0 Å². The lowest BCUT2D eigenvalue weighted by molar-refractivity contribution is -0.155. The lowest BCUT2D eigenvalue weighted by Crippen LogP contribution is -2.46. The van der Waals surface area contributed by atoms with Crippen LogP contribution in [0.4, 0.5) is 0 Å². The Morgan fingerprint density at radius 3 is 2.26 bits per heavy atom. The van der Waals surface area contributed by atoms with E-state index in [-0.39, 0.29) is 6.42 Å². The zero-order chi connectivity index (χ0) is 13.8. The number of esters is 1. The molecule has 1 unspecified atom stereocenters. The molecule has 0 spiro atoms. The third kappa shape index (κ3) is 2.70. The van der Waals surface area contributed by atoms with Gasteiger partial charge in [-0.05, 0) is 5.56 Å². The van der Waals surface area contributed by atoms with Gasteiger partial charge in [0, 0.05) is 18.6 Å². The summed E-state index contributed by atoms with van der Waals surface area (Å²) in [5.41, 5.74) is 0.852. The Morgan fingerprint density at radius 2 is 1.74 bits per heavy atom. The Kier molecular flexibility index (Phi) is 3.75. The molecule has 0 bridgehead atoms. The van der Waals surface area contributed by atoms with Crippen LogP contribution in [-0.2, 0) is 25.5 Å². The van der Waals surface area contributed by atoms with E-state index in [0.29, 0.717) is 0 Å². The van der Waals surface area contributed by atoms with Gasteiger partial charge >= 0.3 is 5.97 Å². The molecule has 19 heavy (non-hydrogen) atoms. The molecule has 0 N–H and O–H groups in total. The molecule has 98 valence electrons. The number of imide groups is 1. The van der Waals surface area contributed by atoms with Gasteiger partial charge in [-0.15, -0.1) is 0 Å². The van der Waals surface area contributed by atoms with Crippen molar-refractivity contribution in [3.63, 3.8) is 0 Å². The van der Waals surface area contributed by atoms with E-state index in [1.807, 2.05) is 30.3 Å². The topological polar surface area (TPSA) is 63.7 Å². The predicted molar refractivity (Wildman–Crippen MR) is 66.9 cm³/mol. The molecule has 1 atom stereocenters. The van der Waals surface area contributed by atoms with E-state index in [1.165, 1.54) is 7.11 Å². The largest absolute Gasteiger partial charge is 0.467 e. The third-order valence-electron chi connectivity index (χ3n) is 2.90. The summed E-state index contributed by atoms with van der Waals surface area (Å²) in [6.07, 6.45) is 2.55. The van der Waals surface area contributed by atoms with E-state index >= 15 is 0 Å². The summed E-state index contributed by atoms with van der Waals surface area (Å²) in [5.74, 6) is -1.58. The minimum absolute atomic E-state index is 0.243. The minimum atomic E-state index is -0.928. The molecule has 2 rings (SSSR count). The normalized spacial score (nSPS) is 15.7. The van der Waals surface area contributed by atoms with Gasteiger partial charge in [0.15, 0.2) is 0 Å². The summed E-state index contributed by atoms with van der Waals surface area (Å²) in [4.78, 5) is 36.0. The second-order valence-corrected chi connectivity index (χ2v) is 4.11. The number of amides is 2. The van der Waals surface area contributed by atoms with Gasteiger partial charge < -0.3 is 4.74 Å². The third-order valence-corrected chi connectivity index (χ3v) is 2.90. The van der Waals surface area contributed by atoms with E-state index in [0.717, 1.165) is 22.6 Å². The van der Waals surface area contributed by atoms with E-state index in [4.69, 9.17) is 0 Å². The Balaban J connectivity index is 2.24. The van der Waals surface area contributed by atoms with Crippen LogP contribution in [0.5, 0.6) is 0 Å². The van der Waals surface area contributed by atoms with Crippen molar-refractivity contribution >= 4 is 17.8 Å². The maximum absolute atomic E-state index is 11.8. The highest BCUT2D eigenvalue weighted by Gasteiger charge is 2.36. The SMILES string of the molecule is COC(=O)C(Cc1ccccc1)N1C(=O)C=CC1=O. The highest BCUT2D eigenvalue weighted by Crippen LogP contribution is 2.15. The Morgan fingerprint density at radius 1 is 1.16 bits per heavy atom. The van der Waals surface area contributed by atoms with Gasteiger partial charge in [0.05, 0.1) is 7.11 Å². The molecule has 0 saturated carbocycles. The first-order valence-electron chi connectivity index (χ1n) is 5.80. The van der Waals surface area contributed by atoms with Crippen LogP contribution in [-0.4, -0.2) is 35.8 Å². The van der Waals surface area contributed by atoms with Gasteiger partial charge in [0.25, 0.3) is 11.8 Å². The molecule has 1 aliphatic rings. The smallest absolute Gasteiger partial charge is 0.329 e. The summed E-state index contributed by atoms with van der Waals surface area (Å²) in [6, 6.07) is 8.24. The molecule has 0 aromatic heterocycles. The van der Waals surface area contributed by atoms with Crippen LogP contribution in [0.3, 0.4) is 0 Å². The van der Waals surface area contributed by atoms with Gasteiger partial charge in [0.1, 0.15) is 6.04 Å². The van der Waals surface area contributed by atoms with Crippen LogP contribution in [0.1, 0.15) is 5.56 Å². The first-order chi connectivity index (χ1) is 9.13. The summed E-state index contributed by atoms with van der Waals surface area (Å²) in [5, 5.41) is 0. The van der Waals surface area contributed by atoms with E-state index in [2.05, 4.69) is 4.74 Å². The van der Waals surface area contributed by atoms with Crippen molar-refractivity contribution < 1.29 is 19.1 Å². The summed E-state index contributed by atoms with van der Waals surface area (Å²) < 4.78 is 4.68. The fourth-order valence-electron chi connectivity index (χ4n) is 1.97. The number of hydrogen-bond donors (Lipinski definition) is 0. The van der Waals surface area contributed by atoms with Gasteiger partial charge in [-0.2, -0.15) is 0 Å². The average Bonchev–Trinajstić information content (AvgIpc) is 2.76. The summed E-state index contributed by atoms with van der Waals surface area (Å²) >= 11 is 0.